The second kappa shape index (κ2) is 7.47. The number of carbonyl (C=O) groups is 1. The van der Waals surface area contributed by atoms with Crippen LogP contribution in [0.25, 0.3) is 11.2 Å². The predicted octanol–water partition coefficient (Wildman–Crippen LogP) is 2.43. The van der Waals surface area contributed by atoms with Crippen LogP contribution in [0.1, 0.15) is 16.8 Å². The molecule has 0 radical (unpaired) electrons. The molecule has 0 saturated heterocycles. The average Bonchev–Trinajstić information content (AvgIpc) is 3.03. The maximum Gasteiger partial charge on any atom is 0.339 e. The zero-order valence-corrected chi connectivity index (χ0v) is 15.1. The lowest BCUT2D eigenvalue weighted by Crippen LogP contribution is -2.09. The van der Waals surface area contributed by atoms with Gasteiger partial charge < -0.3 is 19.8 Å². The predicted molar refractivity (Wildman–Crippen MR) is 95.3 cm³/mol. The Labute approximate surface area is 152 Å². The monoisotopic (exact) mass is 405 g/mol. The van der Waals surface area contributed by atoms with Crippen LogP contribution in [0.4, 0.5) is 5.82 Å². The second-order valence-electron chi connectivity index (χ2n) is 5.20. The maximum atomic E-state index is 12.2. The first-order chi connectivity index (χ1) is 12.1. The summed E-state index contributed by atoms with van der Waals surface area (Å²) >= 11 is 3.34. The van der Waals surface area contributed by atoms with Crippen LogP contribution in [0.15, 0.2) is 35.3 Å². The topological polar surface area (TPSA) is 105 Å². The van der Waals surface area contributed by atoms with Crippen LogP contribution in [-0.4, -0.2) is 39.2 Å². The Kier molecular flexibility index (Phi) is 5.13. The van der Waals surface area contributed by atoms with Gasteiger partial charge in [-0.3, -0.25) is 0 Å². The van der Waals surface area contributed by atoms with E-state index >= 15 is 0 Å². The van der Waals surface area contributed by atoms with Crippen molar-refractivity contribution in [2.24, 2.45) is 0 Å². The molecule has 130 valence electrons. The van der Waals surface area contributed by atoms with Crippen molar-refractivity contribution in [3.8, 4) is 5.75 Å². The van der Waals surface area contributed by atoms with Crippen LogP contribution >= 0.6 is 15.9 Å². The number of nitrogen functional groups attached to an aromatic ring is 1. The highest BCUT2D eigenvalue weighted by molar-refractivity contribution is 9.10. The number of nitrogens with zero attached hydrogens (tertiary/aromatic N) is 4. The third-order valence-corrected chi connectivity index (χ3v) is 4.29. The highest BCUT2D eigenvalue weighted by Gasteiger charge is 2.13. The van der Waals surface area contributed by atoms with Gasteiger partial charge in [-0.25, -0.2) is 19.7 Å². The molecular weight excluding hydrogens is 390 g/mol. The second-order valence-corrected chi connectivity index (χ2v) is 6.06. The van der Waals surface area contributed by atoms with E-state index < -0.39 is 5.97 Å². The van der Waals surface area contributed by atoms with E-state index in [4.69, 9.17) is 15.2 Å². The van der Waals surface area contributed by atoms with Gasteiger partial charge in [0.25, 0.3) is 0 Å². The SMILES string of the molecule is COc1ccc(Br)c(C(=O)OCCCn2cnc3c(N)ncnc32)c1. The Morgan fingerprint density at radius 2 is 2.16 bits per heavy atom. The molecule has 0 aliphatic heterocycles. The molecular formula is C16H16BrN5O3. The number of aryl methyl sites for hydroxylation is 1. The summed E-state index contributed by atoms with van der Waals surface area (Å²) in [4.78, 5) is 24.5. The van der Waals surface area contributed by atoms with Crippen molar-refractivity contribution in [3.63, 3.8) is 0 Å². The van der Waals surface area contributed by atoms with Crippen LogP contribution in [0, 0.1) is 0 Å². The Morgan fingerprint density at radius 3 is 2.96 bits per heavy atom. The molecule has 0 unspecified atom stereocenters. The number of esters is 1. The molecule has 0 bridgehead atoms. The molecule has 3 rings (SSSR count). The molecule has 0 aliphatic carbocycles. The minimum atomic E-state index is -0.409. The van der Waals surface area contributed by atoms with Gasteiger partial charge in [0.15, 0.2) is 11.5 Å². The van der Waals surface area contributed by atoms with Crippen molar-refractivity contribution in [3.05, 3.63) is 40.9 Å². The standard InChI is InChI=1S/C16H16BrN5O3/c1-24-10-3-4-12(17)11(7-10)16(23)25-6-2-5-22-9-21-13-14(18)19-8-20-15(13)22/h3-4,7-9H,2,5-6H2,1H3,(H2,18,19,20). The molecule has 3 aromatic rings. The quantitative estimate of drug-likeness (QED) is 0.495. The normalized spacial score (nSPS) is 10.8. The van der Waals surface area contributed by atoms with Gasteiger partial charge in [-0.1, -0.05) is 0 Å². The number of hydrogen-bond acceptors (Lipinski definition) is 7. The summed E-state index contributed by atoms with van der Waals surface area (Å²) in [5.74, 6) is 0.531. The third kappa shape index (κ3) is 3.71. The van der Waals surface area contributed by atoms with Gasteiger partial charge >= 0.3 is 5.97 Å². The van der Waals surface area contributed by atoms with Gasteiger partial charge in [-0.05, 0) is 40.5 Å². The van der Waals surface area contributed by atoms with E-state index in [0.717, 1.165) is 0 Å². The fraction of sp³-hybridized carbons (Fsp3) is 0.250. The lowest BCUT2D eigenvalue weighted by molar-refractivity contribution is 0.0495. The number of methoxy groups -OCH3 is 1. The molecule has 1 aromatic carbocycles. The number of ether oxygens (including phenoxy) is 2. The molecule has 0 saturated carbocycles. The third-order valence-electron chi connectivity index (χ3n) is 3.60. The van der Waals surface area contributed by atoms with Gasteiger partial charge in [0.05, 0.1) is 25.6 Å². The lowest BCUT2D eigenvalue weighted by atomic mass is 10.2. The Hall–Kier alpha value is -2.68. The fourth-order valence-electron chi connectivity index (χ4n) is 2.33. The Bertz CT molecular complexity index is 912. The number of rotatable bonds is 6. The first-order valence-electron chi connectivity index (χ1n) is 7.52. The van der Waals surface area contributed by atoms with E-state index in [1.54, 1.807) is 31.6 Å². The van der Waals surface area contributed by atoms with Crippen molar-refractivity contribution < 1.29 is 14.3 Å². The summed E-state index contributed by atoms with van der Waals surface area (Å²) in [7, 11) is 1.55. The van der Waals surface area contributed by atoms with E-state index in [0.29, 0.717) is 45.7 Å². The molecule has 0 atom stereocenters. The zero-order chi connectivity index (χ0) is 17.8. The largest absolute Gasteiger partial charge is 0.497 e. The first kappa shape index (κ1) is 17.2. The van der Waals surface area contributed by atoms with Crippen LogP contribution < -0.4 is 10.5 Å². The number of imidazole rings is 1. The highest BCUT2D eigenvalue weighted by atomic mass is 79.9. The number of nitrogens with two attached hydrogens (primary N) is 1. The molecule has 0 spiro atoms. The molecule has 0 amide bonds. The summed E-state index contributed by atoms with van der Waals surface area (Å²) in [5.41, 5.74) is 7.41. The molecule has 25 heavy (non-hydrogen) atoms. The van der Waals surface area contributed by atoms with E-state index in [1.807, 2.05) is 4.57 Å². The van der Waals surface area contributed by atoms with Crippen molar-refractivity contribution in [2.75, 3.05) is 19.5 Å². The molecule has 0 aliphatic rings. The first-order valence-corrected chi connectivity index (χ1v) is 8.31. The van der Waals surface area contributed by atoms with Crippen molar-refractivity contribution in [1.82, 2.24) is 19.5 Å². The average molecular weight is 406 g/mol. The van der Waals surface area contributed by atoms with E-state index in [-0.39, 0.29) is 6.61 Å². The number of fused-ring (bicyclic) bond motifs is 1. The van der Waals surface area contributed by atoms with Gasteiger partial charge in [-0.2, -0.15) is 0 Å². The molecule has 0 fully saturated rings. The summed E-state index contributed by atoms with van der Waals surface area (Å²) < 4.78 is 13.0. The van der Waals surface area contributed by atoms with E-state index in [1.165, 1.54) is 6.33 Å². The summed E-state index contributed by atoms with van der Waals surface area (Å²) in [6.07, 6.45) is 3.66. The maximum absolute atomic E-state index is 12.2. The lowest BCUT2D eigenvalue weighted by Gasteiger charge is -2.08. The number of hydrogen-bond donors (Lipinski definition) is 1. The van der Waals surface area contributed by atoms with Crippen molar-refractivity contribution in [1.29, 1.82) is 0 Å². The minimum absolute atomic E-state index is 0.267. The van der Waals surface area contributed by atoms with Crippen molar-refractivity contribution in [2.45, 2.75) is 13.0 Å². The molecule has 9 heteroatoms. The van der Waals surface area contributed by atoms with Crippen LogP contribution in [0.5, 0.6) is 5.75 Å². The highest BCUT2D eigenvalue weighted by Crippen LogP contribution is 2.23. The van der Waals surface area contributed by atoms with Crippen molar-refractivity contribution >= 4 is 38.9 Å². The number of aromatic nitrogens is 4. The smallest absolute Gasteiger partial charge is 0.339 e. The van der Waals surface area contributed by atoms with Crippen LogP contribution in [-0.2, 0) is 11.3 Å². The Balaban J connectivity index is 1.58. The van der Waals surface area contributed by atoms with E-state index in [2.05, 4.69) is 30.9 Å². The summed E-state index contributed by atoms with van der Waals surface area (Å²) in [6.45, 7) is 0.863. The minimum Gasteiger partial charge on any atom is -0.497 e. The molecule has 8 nitrogen and oxygen atoms in total. The van der Waals surface area contributed by atoms with Gasteiger partial charge in [0.1, 0.15) is 17.6 Å². The Morgan fingerprint density at radius 1 is 1.32 bits per heavy atom. The zero-order valence-electron chi connectivity index (χ0n) is 13.5. The van der Waals surface area contributed by atoms with E-state index in [9.17, 15) is 4.79 Å². The van der Waals surface area contributed by atoms with Crippen LogP contribution in [0.2, 0.25) is 0 Å². The number of benzene rings is 1. The molecule has 2 aromatic heterocycles. The number of carbonyl (C=O) groups excluding carboxylic acids is 1. The molecule has 2 N–H and O–H groups in total. The number of anilines is 1. The summed E-state index contributed by atoms with van der Waals surface area (Å²) in [6, 6.07) is 5.14. The van der Waals surface area contributed by atoms with Gasteiger partial charge in [0, 0.05) is 11.0 Å². The summed E-state index contributed by atoms with van der Waals surface area (Å²) in [5, 5.41) is 0. The van der Waals surface area contributed by atoms with Crippen LogP contribution in [0.3, 0.4) is 0 Å². The fourth-order valence-corrected chi connectivity index (χ4v) is 2.74. The molecule has 2 heterocycles. The van der Waals surface area contributed by atoms with Gasteiger partial charge in [0.2, 0.25) is 0 Å². The number of halogens is 1. The van der Waals surface area contributed by atoms with Gasteiger partial charge in [-0.15, -0.1) is 0 Å².